The number of allylic oxidation sites excluding steroid dienone is 12. The molecule has 0 bridgehead atoms. The maximum absolute atomic E-state index is 2.92. The molecule has 0 amide bonds. The topological polar surface area (TPSA) is 0 Å². The van der Waals surface area contributed by atoms with Crippen molar-refractivity contribution in [2.45, 2.75) is 12.8 Å². The molecule has 0 N–H and O–H groups in total. The minimum absolute atomic E-state index is 0. The Labute approximate surface area is 313 Å². The molecule has 3 heteroatoms. The molecule has 0 heterocycles. The number of fused-ring (bicyclic) bond motifs is 10. The second-order valence-corrected chi connectivity index (χ2v) is 18.8. The van der Waals surface area contributed by atoms with Crippen molar-refractivity contribution < 1.29 is 46.1 Å². The fourth-order valence-corrected chi connectivity index (χ4v) is 16.4. The van der Waals surface area contributed by atoms with Crippen LogP contribution in [0.25, 0.3) is 32.7 Å². The van der Waals surface area contributed by atoms with E-state index in [1.54, 1.807) is 9.77 Å². The molecule has 0 aromatic heterocycles. The number of rotatable bonds is 4. The van der Waals surface area contributed by atoms with Gasteiger partial charge in [-0.15, -0.1) is 0 Å². The fourth-order valence-electron chi connectivity index (χ4n) is 8.41. The van der Waals surface area contributed by atoms with Gasteiger partial charge in [-0.25, -0.2) is 0 Å². The van der Waals surface area contributed by atoms with E-state index in [0.29, 0.717) is 0 Å². The molecule has 0 radical (unpaired) electrons. The molecule has 0 spiro atoms. The molecule has 6 aromatic rings. The zero-order valence-electron chi connectivity index (χ0n) is 27.3. The van der Waals surface area contributed by atoms with Crippen LogP contribution in [0.4, 0.5) is 0 Å². The summed E-state index contributed by atoms with van der Waals surface area (Å²) in [7, 11) is 0. The largest absolute Gasteiger partial charge is 1.00 e. The molecular weight excluding hydrogens is 727 g/mol. The summed E-state index contributed by atoms with van der Waals surface area (Å²) < 4.78 is 4.72. The van der Waals surface area contributed by atoms with Gasteiger partial charge in [-0.05, 0) is 0 Å². The monoisotopic (exact) mass is 756 g/mol. The second-order valence-electron chi connectivity index (χ2n) is 13.1. The second kappa shape index (κ2) is 13.4. The van der Waals surface area contributed by atoms with Crippen molar-refractivity contribution in [1.29, 1.82) is 0 Å². The Morgan fingerprint density at radius 1 is 0.400 bits per heavy atom. The van der Waals surface area contributed by atoms with Gasteiger partial charge in [-0.2, -0.15) is 0 Å². The van der Waals surface area contributed by atoms with Gasteiger partial charge < -0.3 is 24.8 Å². The van der Waals surface area contributed by atoms with Crippen LogP contribution in [-0.4, -0.2) is 3.21 Å². The van der Waals surface area contributed by atoms with Crippen LogP contribution in [0.3, 0.4) is 0 Å². The Morgan fingerprint density at radius 2 is 0.820 bits per heavy atom. The van der Waals surface area contributed by atoms with Crippen LogP contribution in [0.2, 0.25) is 0 Å². The maximum Gasteiger partial charge on any atom is -1.00 e. The summed E-state index contributed by atoms with van der Waals surface area (Å²) in [5.74, 6) is 0. The van der Waals surface area contributed by atoms with Crippen molar-refractivity contribution in [3.63, 3.8) is 0 Å². The van der Waals surface area contributed by atoms with E-state index in [2.05, 4.69) is 170 Å². The molecule has 4 aliphatic rings. The summed E-state index contributed by atoms with van der Waals surface area (Å²) in [4.78, 5) is 0. The minimum Gasteiger partial charge on any atom is -1.00 e. The third kappa shape index (κ3) is 5.18. The molecule has 0 fully saturated rings. The Hall–Kier alpha value is -4.39. The molecule has 0 atom stereocenters. The van der Waals surface area contributed by atoms with E-state index in [9.17, 15) is 0 Å². The Morgan fingerprint density at radius 3 is 1.28 bits per heavy atom. The molecule has 4 aliphatic carbocycles. The Balaban J connectivity index is 0.00000180. The third-order valence-electron chi connectivity index (χ3n) is 10.5. The van der Waals surface area contributed by atoms with E-state index >= 15 is 0 Å². The van der Waals surface area contributed by atoms with Crippen molar-refractivity contribution in [2.75, 3.05) is 0 Å². The van der Waals surface area contributed by atoms with E-state index in [4.69, 9.17) is 0 Å². The average molecular weight is 759 g/mol. The van der Waals surface area contributed by atoms with E-state index in [-0.39, 0.29) is 24.8 Å². The van der Waals surface area contributed by atoms with Gasteiger partial charge in [-0.3, -0.25) is 0 Å². The number of halogens is 2. The van der Waals surface area contributed by atoms with Gasteiger partial charge in [-0.1, -0.05) is 0 Å². The molecule has 0 saturated heterocycles. The van der Waals surface area contributed by atoms with Gasteiger partial charge in [0.05, 0.1) is 0 Å². The van der Waals surface area contributed by atoms with Gasteiger partial charge in [0.1, 0.15) is 0 Å². The summed E-state index contributed by atoms with van der Waals surface area (Å²) in [6.07, 6.45) is 16.9. The van der Waals surface area contributed by atoms with Crippen molar-refractivity contribution in [3.8, 4) is 0 Å². The SMILES string of the molecule is C1=C2C(=CC=[C]2[Zr+2]([C]2=CC=C3C2=CCc2ccc4ccccc4c23)=[C](c2ccccc2)c2ccccc2)c2c(ccc3ccccc23)C1.[Cl-].[Cl-]. The van der Waals surface area contributed by atoms with E-state index in [0.717, 1.165) is 12.8 Å². The van der Waals surface area contributed by atoms with E-state index in [1.807, 2.05) is 0 Å². The van der Waals surface area contributed by atoms with Crippen molar-refractivity contribution in [1.82, 2.24) is 0 Å². The van der Waals surface area contributed by atoms with Gasteiger partial charge in [0, 0.05) is 0 Å². The van der Waals surface area contributed by atoms with Gasteiger partial charge >= 0.3 is 291 Å². The van der Waals surface area contributed by atoms with Crippen LogP contribution in [0.5, 0.6) is 0 Å². The first kappa shape index (κ1) is 32.8. The molecule has 0 nitrogen and oxygen atoms in total. The van der Waals surface area contributed by atoms with E-state index in [1.165, 1.54) is 77.2 Å². The fraction of sp³-hybridized carbons (Fsp3) is 0.0426. The number of hydrogen-bond acceptors (Lipinski definition) is 0. The normalized spacial score (nSPS) is 14.9. The summed E-state index contributed by atoms with van der Waals surface area (Å²) in [6.45, 7) is 0. The van der Waals surface area contributed by atoms with Gasteiger partial charge in [0.15, 0.2) is 0 Å². The molecular formula is C47H32Cl2Zr. The standard InChI is InChI=1S/2C17H11.C13H10.2ClH.Zr/c2*1-2-6-15-12(4-1)8-10-14-11-9-13-5-3-7-16(13)17(14)15;1-3-7-12(8-4-1)11-13-9-5-2-6-10-13;;;/h2*1-4,6-10H,11H2;1-10H;2*1H;/q;;;;;+2/p-2. The Kier molecular flexibility index (Phi) is 8.78. The average Bonchev–Trinajstić information content (AvgIpc) is 3.79. The van der Waals surface area contributed by atoms with Crippen molar-refractivity contribution >= 4 is 35.9 Å². The van der Waals surface area contributed by atoms with Crippen LogP contribution in [0, 0.1) is 0 Å². The van der Waals surface area contributed by atoms with Gasteiger partial charge in [0.25, 0.3) is 0 Å². The first-order chi connectivity index (χ1) is 23.8. The number of hydrogen-bond donors (Lipinski definition) is 0. The first-order valence-electron chi connectivity index (χ1n) is 17.0. The number of benzene rings is 6. The summed E-state index contributed by atoms with van der Waals surface area (Å²) in [5, 5.41) is 5.36. The predicted octanol–water partition coefficient (Wildman–Crippen LogP) is 5.12. The quantitative estimate of drug-likeness (QED) is 0.235. The summed E-state index contributed by atoms with van der Waals surface area (Å²) in [5.41, 5.74) is 14.2. The third-order valence-corrected chi connectivity index (χ3v) is 18.0. The summed E-state index contributed by atoms with van der Waals surface area (Å²) in [6, 6.07) is 49.6. The van der Waals surface area contributed by atoms with E-state index < -0.39 is 21.3 Å². The molecule has 0 saturated carbocycles. The maximum atomic E-state index is 2.54. The predicted molar refractivity (Wildman–Crippen MR) is 200 cm³/mol. The molecule has 0 unspecified atom stereocenters. The molecule has 0 aliphatic heterocycles. The van der Waals surface area contributed by atoms with Crippen LogP contribution >= 0.6 is 0 Å². The summed E-state index contributed by atoms with van der Waals surface area (Å²) >= 11 is -2.92. The van der Waals surface area contributed by atoms with Crippen molar-refractivity contribution in [2.24, 2.45) is 0 Å². The molecule has 238 valence electrons. The van der Waals surface area contributed by atoms with Crippen LogP contribution in [0.1, 0.15) is 33.4 Å². The minimum atomic E-state index is -2.92. The molecule has 50 heavy (non-hydrogen) atoms. The zero-order chi connectivity index (χ0) is 31.6. The van der Waals surface area contributed by atoms with Crippen LogP contribution < -0.4 is 24.8 Å². The van der Waals surface area contributed by atoms with Crippen molar-refractivity contribution in [3.05, 3.63) is 221 Å². The Bertz CT molecular complexity index is 2400. The van der Waals surface area contributed by atoms with Crippen LogP contribution in [0.15, 0.2) is 188 Å². The smallest absolute Gasteiger partial charge is 1.00 e. The zero-order valence-corrected chi connectivity index (χ0v) is 31.3. The van der Waals surface area contributed by atoms with Crippen LogP contribution in [-0.2, 0) is 34.1 Å². The van der Waals surface area contributed by atoms with Gasteiger partial charge in [0.2, 0.25) is 0 Å². The first-order valence-corrected chi connectivity index (χ1v) is 20.7. The molecule has 6 aromatic carbocycles. The molecule has 10 rings (SSSR count).